The molecule has 2 aromatic carbocycles. The number of primary amides is 1. The summed E-state index contributed by atoms with van der Waals surface area (Å²) >= 11 is 0. The van der Waals surface area contributed by atoms with Gasteiger partial charge in [-0.25, -0.2) is 0 Å². The van der Waals surface area contributed by atoms with Crippen LogP contribution in [-0.2, 0) is 12.8 Å². The first kappa shape index (κ1) is 17.2. The Balaban J connectivity index is 1.44. The van der Waals surface area contributed by atoms with Gasteiger partial charge in [0.2, 0.25) is 5.91 Å². The number of nitrogens with two attached hydrogens (primary N) is 1. The maximum Gasteiger partial charge on any atom is 0.254 e. The van der Waals surface area contributed by atoms with Crippen LogP contribution in [0.1, 0.15) is 62.6 Å². The molecule has 5 rings (SSSR count). The van der Waals surface area contributed by atoms with E-state index in [4.69, 9.17) is 5.73 Å². The number of fused-ring (bicyclic) bond motifs is 4. The van der Waals surface area contributed by atoms with Gasteiger partial charge < -0.3 is 10.6 Å². The number of amides is 2. The van der Waals surface area contributed by atoms with Crippen LogP contribution < -0.4 is 5.73 Å². The smallest absolute Gasteiger partial charge is 0.254 e. The Kier molecular flexibility index (Phi) is 4.04. The molecule has 5 heteroatoms. The van der Waals surface area contributed by atoms with Crippen molar-refractivity contribution in [2.75, 3.05) is 6.54 Å². The van der Waals surface area contributed by atoms with E-state index in [-0.39, 0.29) is 17.9 Å². The van der Waals surface area contributed by atoms with Gasteiger partial charge >= 0.3 is 0 Å². The molecule has 2 N–H and O–H groups in total. The van der Waals surface area contributed by atoms with Crippen molar-refractivity contribution in [3.05, 3.63) is 64.2 Å². The third-order valence-electron chi connectivity index (χ3n) is 6.45. The van der Waals surface area contributed by atoms with Gasteiger partial charge in [0.15, 0.2) is 0 Å². The lowest BCUT2D eigenvalue weighted by molar-refractivity contribution is 0.0547. The fourth-order valence-corrected chi connectivity index (χ4v) is 5.07. The molecule has 0 aromatic heterocycles. The van der Waals surface area contributed by atoms with Gasteiger partial charge in [0, 0.05) is 42.3 Å². The zero-order chi connectivity index (χ0) is 19.3. The molecule has 1 aliphatic carbocycles. The predicted octanol–water partition coefficient (Wildman–Crippen LogP) is 3.38. The standard InChI is InChI=1S/C23H23N3O2/c24-22(27)16-5-7-18-15(12-16)6-8-21-19(18)2-1-11-26(21)23(28)17-4-3-14-9-10-25-20(14)13-17/h3-5,7,10,12-13,19,21H,1-2,6,8-9,11H2,(H2,24,27)/t19?,21-/m0/s1. The minimum atomic E-state index is -0.385. The Morgan fingerprint density at radius 2 is 1.89 bits per heavy atom. The molecular formula is C23H23N3O2. The minimum Gasteiger partial charge on any atom is -0.366 e. The van der Waals surface area contributed by atoms with Crippen molar-refractivity contribution in [1.82, 2.24) is 4.90 Å². The average Bonchev–Trinajstić information content (AvgIpc) is 3.20. The van der Waals surface area contributed by atoms with Gasteiger partial charge in [-0.15, -0.1) is 0 Å². The number of aryl methyl sites for hydroxylation is 1. The number of nitrogens with zero attached hydrogens (tertiary/aromatic N) is 2. The van der Waals surface area contributed by atoms with E-state index in [1.807, 2.05) is 42.6 Å². The third-order valence-corrected chi connectivity index (χ3v) is 6.45. The Morgan fingerprint density at radius 3 is 2.75 bits per heavy atom. The summed E-state index contributed by atoms with van der Waals surface area (Å²) in [6, 6.07) is 11.9. The summed E-state index contributed by atoms with van der Waals surface area (Å²) in [6.07, 6.45) is 6.61. The number of piperidine rings is 1. The summed E-state index contributed by atoms with van der Waals surface area (Å²) in [5.74, 6) is 0.0530. The highest BCUT2D eigenvalue weighted by molar-refractivity contribution is 5.96. The quantitative estimate of drug-likeness (QED) is 0.876. The summed E-state index contributed by atoms with van der Waals surface area (Å²) in [4.78, 5) is 31.3. The van der Waals surface area contributed by atoms with Crippen LogP contribution in [0.2, 0.25) is 0 Å². The monoisotopic (exact) mass is 373 g/mol. The first-order valence-corrected chi connectivity index (χ1v) is 10.0. The van der Waals surface area contributed by atoms with Gasteiger partial charge in [-0.05, 0) is 66.6 Å². The number of carbonyl (C=O) groups excluding carboxylic acids is 2. The molecule has 28 heavy (non-hydrogen) atoms. The number of hydrogen-bond donors (Lipinski definition) is 1. The fourth-order valence-electron chi connectivity index (χ4n) is 5.07. The number of hydrogen-bond acceptors (Lipinski definition) is 3. The summed E-state index contributed by atoms with van der Waals surface area (Å²) < 4.78 is 0. The molecule has 1 unspecified atom stereocenters. The van der Waals surface area contributed by atoms with Gasteiger partial charge in [-0.2, -0.15) is 0 Å². The molecule has 2 atom stereocenters. The zero-order valence-electron chi connectivity index (χ0n) is 15.7. The van der Waals surface area contributed by atoms with Crippen LogP contribution in [0.5, 0.6) is 0 Å². The van der Waals surface area contributed by atoms with Crippen LogP contribution in [0, 0.1) is 0 Å². The lowest BCUT2D eigenvalue weighted by Crippen LogP contribution is -2.49. The number of carbonyl (C=O) groups is 2. The van der Waals surface area contributed by atoms with Crippen LogP contribution in [-0.4, -0.2) is 35.5 Å². The molecule has 1 saturated heterocycles. The zero-order valence-corrected chi connectivity index (χ0v) is 15.7. The molecule has 2 heterocycles. The van der Waals surface area contributed by atoms with E-state index in [1.54, 1.807) is 0 Å². The van der Waals surface area contributed by atoms with Crippen LogP contribution in [0.3, 0.4) is 0 Å². The van der Waals surface area contributed by atoms with Crippen molar-refractivity contribution in [3.8, 4) is 0 Å². The number of likely N-dealkylation sites (tertiary alicyclic amines) is 1. The summed E-state index contributed by atoms with van der Waals surface area (Å²) in [7, 11) is 0. The first-order chi connectivity index (χ1) is 13.6. The van der Waals surface area contributed by atoms with E-state index in [2.05, 4.69) is 9.89 Å². The molecule has 0 radical (unpaired) electrons. The number of aliphatic imine (C=N–C) groups is 1. The van der Waals surface area contributed by atoms with Gasteiger partial charge in [-0.3, -0.25) is 14.6 Å². The lowest BCUT2D eigenvalue weighted by Gasteiger charge is -2.45. The van der Waals surface area contributed by atoms with Gasteiger partial charge in [-0.1, -0.05) is 12.1 Å². The van der Waals surface area contributed by atoms with E-state index >= 15 is 0 Å². The third kappa shape index (κ3) is 2.73. The second-order valence-electron chi connectivity index (χ2n) is 7.99. The highest BCUT2D eigenvalue weighted by Crippen LogP contribution is 2.41. The summed E-state index contributed by atoms with van der Waals surface area (Å²) in [5.41, 5.74) is 11.3. The molecular weight excluding hydrogens is 350 g/mol. The molecule has 0 spiro atoms. The van der Waals surface area contributed by atoms with Crippen LogP contribution in [0.25, 0.3) is 0 Å². The second-order valence-corrected chi connectivity index (χ2v) is 7.99. The number of benzene rings is 2. The van der Waals surface area contributed by atoms with Crippen LogP contribution >= 0.6 is 0 Å². The average molecular weight is 373 g/mol. The summed E-state index contributed by atoms with van der Waals surface area (Å²) in [5, 5.41) is 0. The number of rotatable bonds is 2. The topological polar surface area (TPSA) is 75.8 Å². The van der Waals surface area contributed by atoms with Crippen molar-refractivity contribution < 1.29 is 9.59 Å². The molecule has 5 nitrogen and oxygen atoms in total. The minimum absolute atomic E-state index is 0.108. The Morgan fingerprint density at radius 1 is 1.04 bits per heavy atom. The molecule has 0 saturated carbocycles. The largest absolute Gasteiger partial charge is 0.366 e. The van der Waals surface area contributed by atoms with Crippen molar-refractivity contribution >= 4 is 23.7 Å². The van der Waals surface area contributed by atoms with Crippen molar-refractivity contribution in [2.24, 2.45) is 10.7 Å². The van der Waals surface area contributed by atoms with Gasteiger partial charge in [0.05, 0.1) is 5.69 Å². The Bertz CT molecular complexity index is 1010. The predicted molar refractivity (Wildman–Crippen MR) is 108 cm³/mol. The van der Waals surface area contributed by atoms with Crippen LogP contribution in [0.4, 0.5) is 5.69 Å². The molecule has 3 aliphatic rings. The summed E-state index contributed by atoms with van der Waals surface area (Å²) in [6.45, 7) is 0.801. The Hall–Kier alpha value is -2.95. The molecule has 2 aromatic rings. The normalized spacial score (nSPS) is 22.4. The first-order valence-electron chi connectivity index (χ1n) is 10.0. The van der Waals surface area contributed by atoms with Gasteiger partial charge in [0.25, 0.3) is 5.91 Å². The van der Waals surface area contributed by atoms with E-state index < -0.39 is 0 Å². The van der Waals surface area contributed by atoms with E-state index in [0.717, 1.165) is 49.9 Å². The van der Waals surface area contributed by atoms with E-state index in [1.165, 1.54) is 16.7 Å². The van der Waals surface area contributed by atoms with Crippen molar-refractivity contribution in [2.45, 2.75) is 44.1 Å². The van der Waals surface area contributed by atoms with Crippen molar-refractivity contribution in [1.29, 1.82) is 0 Å². The maximum absolute atomic E-state index is 13.3. The SMILES string of the molecule is NC(=O)c1ccc2c(c1)CC[C@H]1C2CCCN1C(=O)c1ccc2c(c1)N=CC2. The van der Waals surface area contributed by atoms with E-state index in [9.17, 15) is 9.59 Å². The second kappa shape index (κ2) is 6.59. The highest BCUT2D eigenvalue weighted by Gasteiger charge is 2.38. The molecule has 142 valence electrons. The van der Waals surface area contributed by atoms with Crippen molar-refractivity contribution in [3.63, 3.8) is 0 Å². The fraction of sp³-hybridized carbons (Fsp3) is 0.348. The highest BCUT2D eigenvalue weighted by atomic mass is 16.2. The van der Waals surface area contributed by atoms with E-state index in [0.29, 0.717) is 11.5 Å². The molecule has 2 amide bonds. The molecule has 2 aliphatic heterocycles. The molecule has 1 fully saturated rings. The van der Waals surface area contributed by atoms with Gasteiger partial charge in [0.1, 0.15) is 0 Å². The maximum atomic E-state index is 13.3. The molecule has 0 bridgehead atoms. The van der Waals surface area contributed by atoms with Crippen LogP contribution in [0.15, 0.2) is 41.4 Å². The Labute approximate surface area is 164 Å². The lowest BCUT2D eigenvalue weighted by atomic mass is 9.73.